The van der Waals surface area contributed by atoms with Gasteiger partial charge in [-0.05, 0) is 19.1 Å². The Bertz CT molecular complexity index is 1340. The van der Waals surface area contributed by atoms with Crippen molar-refractivity contribution in [3.63, 3.8) is 0 Å². The first kappa shape index (κ1) is 22.1. The topological polar surface area (TPSA) is 95.8 Å². The summed E-state index contributed by atoms with van der Waals surface area (Å²) in [6.45, 7) is 4.47. The lowest BCUT2D eigenvalue weighted by Crippen LogP contribution is -2.55. The molecule has 35 heavy (non-hydrogen) atoms. The van der Waals surface area contributed by atoms with Crippen LogP contribution in [-0.4, -0.2) is 63.0 Å². The molecule has 3 aromatic rings. The number of phenols is 1. The molecule has 1 saturated heterocycles. The number of aromatic hydroxyl groups is 1. The predicted octanol–water partition coefficient (Wildman–Crippen LogP) is 2.87. The maximum absolute atomic E-state index is 14.9. The molecule has 5 heterocycles. The summed E-state index contributed by atoms with van der Waals surface area (Å²) in [5, 5.41) is 18.4. The standard InChI is InChI=1S/C24H24ClFN6O3/c1-12-20-13(9-30(2)29-20)10-32(12)23-18-22(35-11-14-8-27-6-7-31(14)24(18)34)19(25)21(28-23)17-15(26)4-3-5-16(17)33/h3-5,9,12,14,27,33H,6-8,10-11H2,1-2H3/t12?,14-/m1/s1. The Balaban J connectivity index is 1.58. The second-order valence-corrected chi connectivity index (χ2v) is 9.50. The Labute approximate surface area is 206 Å². The SMILES string of the molecule is CC1c2nn(C)cc2CN1c1nc(-c2c(O)cccc2F)c(Cl)c2c1C(=O)N1CCNC[C@@H]1CO2. The molecule has 3 aliphatic rings. The van der Waals surface area contributed by atoms with Crippen molar-refractivity contribution in [2.75, 3.05) is 31.1 Å². The molecule has 1 amide bonds. The average Bonchev–Trinajstić information content (AvgIpc) is 3.29. The number of amides is 1. The number of hydrogen-bond donors (Lipinski definition) is 2. The molecule has 2 aromatic heterocycles. The van der Waals surface area contributed by atoms with Gasteiger partial charge in [0.05, 0.1) is 23.3 Å². The van der Waals surface area contributed by atoms with Crippen LogP contribution in [-0.2, 0) is 13.6 Å². The van der Waals surface area contributed by atoms with Gasteiger partial charge in [-0.2, -0.15) is 5.10 Å². The van der Waals surface area contributed by atoms with E-state index in [1.54, 1.807) is 9.58 Å². The van der Waals surface area contributed by atoms with E-state index in [2.05, 4.69) is 10.4 Å². The molecule has 0 saturated carbocycles. The Hall–Kier alpha value is -3.37. The highest BCUT2D eigenvalue weighted by molar-refractivity contribution is 6.35. The number of pyridine rings is 1. The molecule has 182 valence electrons. The quantitative estimate of drug-likeness (QED) is 0.561. The number of piperazine rings is 1. The van der Waals surface area contributed by atoms with Crippen LogP contribution in [0.15, 0.2) is 24.4 Å². The summed E-state index contributed by atoms with van der Waals surface area (Å²) in [7, 11) is 1.86. The number of carbonyl (C=O) groups is 1. The number of nitrogens with zero attached hydrogens (tertiary/aromatic N) is 5. The van der Waals surface area contributed by atoms with Crippen LogP contribution in [0.3, 0.4) is 0 Å². The summed E-state index contributed by atoms with van der Waals surface area (Å²) in [6, 6.07) is 3.64. The van der Waals surface area contributed by atoms with Crippen LogP contribution in [0.4, 0.5) is 10.2 Å². The summed E-state index contributed by atoms with van der Waals surface area (Å²) in [5.74, 6) is -0.709. The van der Waals surface area contributed by atoms with E-state index in [9.17, 15) is 14.3 Å². The normalized spacial score (nSPS) is 21.3. The third kappa shape index (κ3) is 3.35. The number of nitrogens with one attached hydrogen (secondary N) is 1. The van der Waals surface area contributed by atoms with Gasteiger partial charge in [-0.1, -0.05) is 17.7 Å². The largest absolute Gasteiger partial charge is 0.507 e. The molecule has 11 heteroatoms. The summed E-state index contributed by atoms with van der Waals surface area (Å²) >= 11 is 6.76. The van der Waals surface area contributed by atoms with Gasteiger partial charge in [0.2, 0.25) is 0 Å². The zero-order valence-corrected chi connectivity index (χ0v) is 20.0. The van der Waals surface area contributed by atoms with Crippen LogP contribution in [0, 0.1) is 5.82 Å². The minimum Gasteiger partial charge on any atom is -0.507 e. The van der Waals surface area contributed by atoms with E-state index in [0.29, 0.717) is 32.0 Å². The third-order valence-corrected chi connectivity index (χ3v) is 7.31. The van der Waals surface area contributed by atoms with Gasteiger partial charge in [0.15, 0.2) is 5.75 Å². The Morgan fingerprint density at radius 2 is 2.11 bits per heavy atom. The van der Waals surface area contributed by atoms with Crippen molar-refractivity contribution >= 4 is 23.3 Å². The number of aryl methyl sites for hydroxylation is 1. The molecule has 0 aliphatic carbocycles. The number of anilines is 1. The van der Waals surface area contributed by atoms with Crippen LogP contribution in [0.5, 0.6) is 11.5 Å². The number of ether oxygens (including phenoxy) is 1. The van der Waals surface area contributed by atoms with Crippen molar-refractivity contribution in [1.82, 2.24) is 25.0 Å². The molecule has 1 fully saturated rings. The van der Waals surface area contributed by atoms with Gasteiger partial charge < -0.3 is 25.0 Å². The first-order valence-electron chi connectivity index (χ1n) is 11.5. The van der Waals surface area contributed by atoms with Crippen molar-refractivity contribution in [1.29, 1.82) is 0 Å². The van der Waals surface area contributed by atoms with Gasteiger partial charge in [0, 0.05) is 45.0 Å². The number of phenolic OH excluding ortho intramolecular Hbond substituents is 1. The monoisotopic (exact) mass is 498 g/mol. The van der Waals surface area contributed by atoms with E-state index in [-0.39, 0.29) is 57.9 Å². The molecule has 3 aliphatic heterocycles. The zero-order chi connectivity index (χ0) is 24.4. The number of halogens is 2. The molecule has 0 radical (unpaired) electrons. The molecule has 9 nitrogen and oxygen atoms in total. The maximum Gasteiger partial charge on any atom is 0.261 e. The highest BCUT2D eigenvalue weighted by atomic mass is 35.5. The lowest BCUT2D eigenvalue weighted by Gasteiger charge is -2.34. The second-order valence-electron chi connectivity index (χ2n) is 9.12. The van der Waals surface area contributed by atoms with E-state index < -0.39 is 5.82 Å². The smallest absolute Gasteiger partial charge is 0.261 e. The van der Waals surface area contributed by atoms with E-state index in [0.717, 1.165) is 11.3 Å². The number of benzene rings is 1. The summed E-state index contributed by atoms with van der Waals surface area (Å²) in [5.41, 5.74) is 2.04. The van der Waals surface area contributed by atoms with Gasteiger partial charge in [-0.3, -0.25) is 9.48 Å². The van der Waals surface area contributed by atoms with E-state index in [1.807, 2.05) is 25.1 Å². The number of fused-ring (bicyclic) bond motifs is 3. The van der Waals surface area contributed by atoms with Gasteiger partial charge in [-0.15, -0.1) is 0 Å². The maximum atomic E-state index is 14.9. The number of rotatable bonds is 2. The van der Waals surface area contributed by atoms with Gasteiger partial charge in [0.1, 0.15) is 40.3 Å². The van der Waals surface area contributed by atoms with Crippen LogP contribution < -0.4 is 15.0 Å². The lowest BCUT2D eigenvalue weighted by atomic mass is 10.1. The molecule has 1 aromatic carbocycles. The fourth-order valence-corrected chi connectivity index (χ4v) is 5.52. The molecular weight excluding hydrogens is 475 g/mol. The summed E-state index contributed by atoms with van der Waals surface area (Å²) in [4.78, 5) is 22.4. The Morgan fingerprint density at radius 1 is 1.29 bits per heavy atom. The fraction of sp³-hybridized carbons (Fsp3) is 0.375. The first-order chi connectivity index (χ1) is 16.8. The van der Waals surface area contributed by atoms with Crippen molar-refractivity contribution in [2.24, 2.45) is 7.05 Å². The summed E-state index contributed by atoms with van der Waals surface area (Å²) < 4.78 is 22.8. The van der Waals surface area contributed by atoms with Crippen LogP contribution in [0.25, 0.3) is 11.3 Å². The number of carbonyl (C=O) groups excluding carboxylic acids is 1. The van der Waals surface area contributed by atoms with Gasteiger partial charge in [0.25, 0.3) is 5.91 Å². The van der Waals surface area contributed by atoms with Crippen LogP contribution in [0.1, 0.15) is 34.6 Å². The molecule has 2 atom stereocenters. The van der Waals surface area contributed by atoms with Crippen molar-refractivity contribution in [3.8, 4) is 22.8 Å². The molecule has 1 unspecified atom stereocenters. The lowest BCUT2D eigenvalue weighted by molar-refractivity contribution is 0.0606. The van der Waals surface area contributed by atoms with E-state index in [4.69, 9.17) is 21.3 Å². The van der Waals surface area contributed by atoms with Gasteiger partial charge in [-0.25, -0.2) is 9.37 Å². The highest BCUT2D eigenvalue weighted by Gasteiger charge is 2.41. The number of aromatic nitrogens is 3. The Kier molecular flexibility index (Phi) is 5.12. The Morgan fingerprint density at radius 3 is 2.89 bits per heavy atom. The predicted molar refractivity (Wildman–Crippen MR) is 127 cm³/mol. The number of hydrogen-bond acceptors (Lipinski definition) is 7. The third-order valence-electron chi connectivity index (χ3n) is 6.96. The van der Waals surface area contributed by atoms with Crippen molar-refractivity contribution in [2.45, 2.75) is 25.6 Å². The van der Waals surface area contributed by atoms with Crippen molar-refractivity contribution in [3.05, 3.63) is 52.1 Å². The average molecular weight is 499 g/mol. The molecule has 0 bridgehead atoms. The second kappa shape index (κ2) is 8.10. The fourth-order valence-electron chi connectivity index (χ4n) is 5.23. The highest BCUT2D eigenvalue weighted by Crippen LogP contribution is 2.48. The molecular formula is C24H24ClFN6O3. The molecule has 2 N–H and O–H groups in total. The van der Waals surface area contributed by atoms with E-state index in [1.165, 1.54) is 18.2 Å². The molecule has 0 spiro atoms. The summed E-state index contributed by atoms with van der Waals surface area (Å²) in [6.07, 6.45) is 1.94. The van der Waals surface area contributed by atoms with Crippen LogP contribution in [0.2, 0.25) is 5.02 Å². The van der Waals surface area contributed by atoms with E-state index >= 15 is 0 Å². The van der Waals surface area contributed by atoms with Gasteiger partial charge >= 0.3 is 0 Å². The van der Waals surface area contributed by atoms with Crippen LogP contribution >= 0.6 is 11.6 Å². The zero-order valence-electron chi connectivity index (χ0n) is 19.3. The first-order valence-corrected chi connectivity index (χ1v) is 11.9. The minimum atomic E-state index is -0.674. The van der Waals surface area contributed by atoms with Crippen molar-refractivity contribution < 1.29 is 19.0 Å². The minimum absolute atomic E-state index is 0.00589. The molecule has 6 rings (SSSR count).